The lowest BCUT2D eigenvalue weighted by Gasteiger charge is -2.32. The highest BCUT2D eigenvalue weighted by atomic mass is 16.5. The van der Waals surface area contributed by atoms with Gasteiger partial charge < -0.3 is 9.64 Å². The molecule has 3 nitrogen and oxygen atoms in total. The molecule has 0 bridgehead atoms. The first-order chi connectivity index (χ1) is 7.80. The van der Waals surface area contributed by atoms with Crippen LogP contribution in [0.5, 0.6) is 5.75 Å². The van der Waals surface area contributed by atoms with E-state index in [2.05, 4.69) is 6.58 Å². The fraction of sp³-hybridized carbons (Fsp3) is 0.308. The van der Waals surface area contributed by atoms with E-state index in [1.807, 2.05) is 18.2 Å². The number of fused-ring (bicyclic) bond motifs is 1. The summed E-state index contributed by atoms with van der Waals surface area (Å²) in [4.78, 5) is 12.7. The van der Waals surface area contributed by atoms with Gasteiger partial charge in [0, 0.05) is 6.54 Å². The fourth-order valence-corrected chi connectivity index (χ4v) is 2.16. The lowest BCUT2D eigenvalue weighted by molar-refractivity contribution is -0.119. The average molecular weight is 217 g/mol. The lowest BCUT2D eigenvalue weighted by Crippen LogP contribution is -2.33. The number of rotatable bonds is 3. The molecular weight excluding hydrogens is 202 g/mol. The number of benzene rings is 1. The van der Waals surface area contributed by atoms with Crippen LogP contribution in [0.2, 0.25) is 0 Å². The molecule has 0 aromatic heterocycles. The van der Waals surface area contributed by atoms with Crippen molar-refractivity contribution >= 4 is 6.41 Å². The summed E-state index contributed by atoms with van der Waals surface area (Å²) in [7, 11) is 1.66. The van der Waals surface area contributed by atoms with Gasteiger partial charge in [-0.15, -0.1) is 6.58 Å². The first-order valence-corrected chi connectivity index (χ1v) is 5.30. The van der Waals surface area contributed by atoms with E-state index in [1.165, 1.54) is 5.56 Å². The molecule has 84 valence electrons. The summed E-state index contributed by atoms with van der Waals surface area (Å²) in [6, 6.07) is 5.96. The molecule has 0 saturated carbocycles. The standard InChI is InChI=1S/C13H15NO2/c1-3-13-12-5-4-11(16-2)8-10(12)6-7-14(13)9-15/h3-5,8-9,13H,1,6-7H2,2H3. The third kappa shape index (κ3) is 1.69. The monoisotopic (exact) mass is 217 g/mol. The van der Waals surface area contributed by atoms with Gasteiger partial charge in [-0.25, -0.2) is 0 Å². The maximum absolute atomic E-state index is 10.9. The summed E-state index contributed by atoms with van der Waals surface area (Å²) < 4.78 is 5.19. The zero-order valence-electron chi connectivity index (χ0n) is 9.35. The Morgan fingerprint density at radius 3 is 3.00 bits per heavy atom. The molecular formula is C13H15NO2. The highest BCUT2D eigenvalue weighted by Gasteiger charge is 2.23. The quantitative estimate of drug-likeness (QED) is 0.572. The topological polar surface area (TPSA) is 29.5 Å². The van der Waals surface area contributed by atoms with Crippen LogP contribution in [-0.4, -0.2) is 25.0 Å². The number of amides is 1. The van der Waals surface area contributed by atoms with Crippen LogP contribution in [0.3, 0.4) is 0 Å². The number of hydrogen-bond donors (Lipinski definition) is 0. The number of carbonyl (C=O) groups excluding carboxylic acids is 1. The molecule has 0 saturated heterocycles. The molecule has 16 heavy (non-hydrogen) atoms. The smallest absolute Gasteiger partial charge is 0.210 e. The van der Waals surface area contributed by atoms with Crippen LogP contribution in [0.4, 0.5) is 0 Å². The molecule has 3 heteroatoms. The summed E-state index contributed by atoms with van der Waals surface area (Å²) in [5.41, 5.74) is 2.39. The SMILES string of the molecule is C=CC1c2ccc(OC)cc2CCN1C=O. The molecule has 1 heterocycles. The van der Waals surface area contributed by atoms with Gasteiger partial charge >= 0.3 is 0 Å². The Morgan fingerprint density at radius 2 is 2.38 bits per heavy atom. The van der Waals surface area contributed by atoms with Crippen molar-refractivity contribution in [1.82, 2.24) is 4.90 Å². The molecule has 1 aromatic rings. The lowest BCUT2D eigenvalue weighted by atomic mass is 9.93. The highest BCUT2D eigenvalue weighted by molar-refractivity contribution is 5.53. The zero-order valence-corrected chi connectivity index (χ0v) is 9.35. The number of carbonyl (C=O) groups is 1. The summed E-state index contributed by atoms with van der Waals surface area (Å²) >= 11 is 0. The van der Waals surface area contributed by atoms with Crippen molar-refractivity contribution < 1.29 is 9.53 Å². The van der Waals surface area contributed by atoms with E-state index in [0.29, 0.717) is 0 Å². The van der Waals surface area contributed by atoms with Crippen LogP contribution in [0.15, 0.2) is 30.9 Å². The molecule has 0 radical (unpaired) electrons. The summed E-state index contributed by atoms with van der Waals surface area (Å²) in [6.45, 7) is 4.53. The second-order valence-corrected chi connectivity index (χ2v) is 3.84. The molecule has 0 aliphatic carbocycles. The Balaban J connectivity index is 2.42. The first-order valence-electron chi connectivity index (χ1n) is 5.30. The molecule has 1 aliphatic heterocycles. The van der Waals surface area contributed by atoms with Crippen molar-refractivity contribution in [2.24, 2.45) is 0 Å². The summed E-state index contributed by atoms with van der Waals surface area (Å²) in [5.74, 6) is 0.862. The van der Waals surface area contributed by atoms with E-state index in [9.17, 15) is 4.79 Å². The minimum absolute atomic E-state index is 0.00726. The largest absolute Gasteiger partial charge is 0.497 e. The Bertz CT molecular complexity index is 414. The van der Waals surface area contributed by atoms with Crippen LogP contribution in [0, 0.1) is 0 Å². The van der Waals surface area contributed by atoms with Crippen LogP contribution in [0.1, 0.15) is 17.2 Å². The van der Waals surface area contributed by atoms with Gasteiger partial charge in [0.15, 0.2) is 0 Å². The van der Waals surface area contributed by atoms with Crippen molar-refractivity contribution in [2.45, 2.75) is 12.5 Å². The van der Waals surface area contributed by atoms with Crippen LogP contribution in [0.25, 0.3) is 0 Å². The van der Waals surface area contributed by atoms with Gasteiger partial charge in [0.05, 0.1) is 13.2 Å². The minimum atomic E-state index is -0.00726. The van der Waals surface area contributed by atoms with E-state index in [0.717, 1.165) is 30.7 Å². The van der Waals surface area contributed by atoms with Crippen LogP contribution < -0.4 is 4.74 Å². The molecule has 2 rings (SSSR count). The van der Waals surface area contributed by atoms with E-state index in [-0.39, 0.29) is 6.04 Å². The van der Waals surface area contributed by atoms with Gasteiger partial charge in [0.2, 0.25) is 6.41 Å². The normalized spacial score (nSPS) is 18.8. The van der Waals surface area contributed by atoms with Crippen molar-refractivity contribution in [3.8, 4) is 5.75 Å². The van der Waals surface area contributed by atoms with Gasteiger partial charge in [-0.1, -0.05) is 12.1 Å². The Kier molecular flexibility index (Phi) is 2.95. The Morgan fingerprint density at radius 1 is 1.56 bits per heavy atom. The van der Waals surface area contributed by atoms with Crippen molar-refractivity contribution in [2.75, 3.05) is 13.7 Å². The first kappa shape index (κ1) is 10.7. The van der Waals surface area contributed by atoms with Gasteiger partial charge in [-0.2, -0.15) is 0 Å². The second kappa shape index (κ2) is 4.39. The summed E-state index contributed by atoms with van der Waals surface area (Å²) in [6.07, 6.45) is 3.56. The van der Waals surface area contributed by atoms with Crippen LogP contribution in [-0.2, 0) is 11.2 Å². The van der Waals surface area contributed by atoms with Gasteiger partial charge in [0.1, 0.15) is 5.75 Å². The number of hydrogen-bond acceptors (Lipinski definition) is 2. The van der Waals surface area contributed by atoms with Crippen molar-refractivity contribution in [1.29, 1.82) is 0 Å². The van der Waals surface area contributed by atoms with E-state index >= 15 is 0 Å². The predicted molar refractivity (Wildman–Crippen MR) is 62.4 cm³/mol. The third-order valence-electron chi connectivity index (χ3n) is 3.02. The Hall–Kier alpha value is -1.77. The second-order valence-electron chi connectivity index (χ2n) is 3.84. The number of ether oxygens (including phenoxy) is 1. The number of nitrogens with zero attached hydrogens (tertiary/aromatic N) is 1. The number of methoxy groups -OCH3 is 1. The average Bonchev–Trinajstić information content (AvgIpc) is 2.36. The molecule has 1 aromatic carbocycles. The molecule has 0 fully saturated rings. The molecule has 1 amide bonds. The zero-order chi connectivity index (χ0) is 11.5. The summed E-state index contributed by atoms with van der Waals surface area (Å²) in [5, 5.41) is 0. The molecule has 1 atom stereocenters. The van der Waals surface area contributed by atoms with Gasteiger partial charge in [-0.3, -0.25) is 4.79 Å². The van der Waals surface area contributed by atoms with E-state index in [4.69, 9.17) is 4.74 Å². The van der Waals surface area contributed by atoms with E-state index < -0.39 is 0 Å². The fourth-order valence-electron chi connectivity index (χ4n) is 2.16. The highest BCUT2D eigenvalue weighted by Crippen LogP contribution is 2.31. The minimum Gasteiger partial charge on any atom is -0.497 e. The molecule has 1 aliphatic rings. The van der Waals surface area contributed by atoms with E-state index in [1.54, 1.807) is 18.1 Å². The predicted octanol–water partition coefficient (Wildman–Crippen LogP) is 1.94. The molecule has 1 unspecified atom stereocenters. The Labute approximate surface area is 95.3 Å². The van der Waals surface area contributed by atoms with Crippen molar-refractivity contribution in [3.63, 3.8) is 0 Å². The molecule has 0 N–H and O–H groups in total. The maximum Gasteiger partial charge on any atom is 0.210 e. The maximum atomic E-state index is 10.9. The molecule has 0 spiro atoms. The van der Waals surface area contributed by atoms with Gasteiger partial charge in [-0.05, 0) is 29.7 Å². The third-order valence-corrected chi connectivity index (χ3v) is 3.02. The van der Waals surface area contributed by atoms with Crippen molar-refractivity contribution in [3.05, 3.63) is 42.0 Å². The van der Waals surface area contributed by atoms with Crippen LogP contribution >= 0.6 is 0 Å². The van der Waals surface area contributed by atoms with Gasteiger partial charge in [0.25, 0.3) is 0 Å².